The summed E-state index contributed by atoms with van der Waals surface area (Å²) < 4.78 is 5.73. The minimum atomic E-state index is 0.414. The van der Waals surface area contributed by atoms with Gasteiger partial charge in [-0.05, 0) is 34.9 Å². The number of anilines is 1. The summed E-state index contributed by atoms with van der Waals surface area (Å²) in [6, 6.07) is 22.2. The zero-order chi connectivity index (χ0) is 14.5. The number of pyridine rings is 1. The van der Waals surface area contributed by atoms with E-state index in [0.29, 0.717) is 18.2 Å². The number of ether oxygens (including phenoxy) is 1. The fourth-order valence-corrected chi connectivity index (χ4v) is 2.16. The molecule has 3 rings (SSSR count). The van der Waals surface area contributed by atoms with Crippen molar-refractivity contribution in [3.05, 3.63) is 78.5 Å². The summed E-state index contributed by atoms with van der Waals surface area (Å²) in [6.45, 7) is 0.469. The fourth-order valence-electron chi connectivity index (χ4n) is 2.16. The molecule has 0 spiro atoms. The molecular formula is C18H16N2O. The summed E-state index contributed by atoms with van der Waals surface area (Å²) in [5.41, 5.74) is 9.24. The van der Waals surface area contributed by atoms with Crippen LogP contribution in [-0.2, 0) is 6.61 Å². The van der Waals surface area contributed by atoms with Crippen molar-refractivity contribution in [2.24, 2.45) is 0 Å². The Kier molecular flexibility index (Phi) is 3.83. The molecule has 0 aliphatic carbocycles. The molecule has 3 nitrogen and oxygen atoms in total. The topological polar surface area (TPSA) is 48.1 Å². The Morgan fingerprint density at radius 1 is 0.857 bits per heavy atom. The molecule has 0 amide bonds. The smallest absolute Gasteiger partial charge is 0.166 e. The van der Waals surface area contributed by atoms with E-state index in [0.717, 1.165) is 5.56 Å². The van der Waals surface area contributed by atoms with E-state index in [1.54, 1.807) is 6.20 Å². The highest BCUT2D eigenvalue weighted by Crippen LogP contribution is 2.22. The highest BCUT2D eigenvalue weighted by Gasteiger charge is 2.02. The molecule has 2 aromatic carbocycles. The van der Waals surface area contributed by atoms with E-state index in [1.807, 2.05) is 42.5 Å². The molecule has 0 saturated carbocycles. The van der Waals surface area contributed by atoms with Gasteiger partial charge in [-0.25, -0.2) is 4.98 Å². The van der Waals surface area contributed by atoms with Gasteiger partial charge in [0.2, 0.25) is 0 Å². The van der Waals surface area contributed by atoms with Gasteiger partial charge in [-0.1, -0.05) is 48.5 Å². The molecule has 0 aliphatic heterocycles. The largest absolute Gasteiger partial charge is 0.485 e. The molecule has 0 radical (unpaired) electrons. The Morgan fingerprint density at radius 2 is 1.67 bits per heavy atom. The molecule has 3 aromatic rings. The molecule has 0 saturated heterocycles. The predicted octanol–water partition coefficient (Wildman–Crippen LogP) is 3.91. The molecule has 2 N–H and O–H groups in total. The maximum absolute atomic E-state index is 5.77. The second kappa shape index (κ2) is 6.09. The van der Waals surface area contributed by atoms with Gasteiger partial charge in [0.1, 0.15) is 6.61 Å². The summed E-state index contributed by atoms with van der Waals surface area (Å²) in [4.78, 5) is 4.01. The third kappa shape index (κ3) is 3.20. The Labute approximate surface area is 124 Å². The lowest BCUT2D eigenvalue weighted by molar-refractivity contribution is 0.307. The monoisotopic (exact) mass is 276 g/mol. The molecular weight excluding hydrogens is 260 g/mol. The Hall–Kier alpha value is -2.81. The van der Waals surface area contributed by atoms with Crippen LogP contribution in [0.25, 0.3) is 11.1 Å². The number of hydrogen-bond acceptors (Lipinski definition) is 3. The van der Waals surface area contributed by atoms with Gasteiger partial charge in [0.05, 0.1) is 0 Å². The van der Waals surface area contributed by atoms with E-state index < -0.39 is 0 Å². The van der Waals surface area contributed by atoms with Gasteiger partial charge in [-0.2, -0.15) is 0 Å². The van der Waals surface area contributed by atoms with E-state index >= 15 is 0 Å². The van der Waals surface area contributed by atoms with Crippen LogP contribution in [0.4, 0.5) is 5.82 Å². The van der Waals surface area contributed by atoms with E-state index in [9.17, 15) is 0 Å². The van der Waals surface area contributed by atoms with Gasteiger partial charge < -0.3 is 10.5 Å². The number of hydrogen-bond donors (Lipinski definition) is 1. The zero-order valence-corrected chi connectivity index (χ0v) is 11.6. The van der Waals surface area contributed by atoms with Gasteiger partial charge in [-0.3, -0.25) is 0 Å². The van der Waals surface area contributed by atoms with Gasteiger partial charge >= 0.3 is 0 Å². The first-order valence-electron chi connectivity index (χ1n) is 6.80. The van der Waals surface area contributed by atoms with Crippen LogP contribution >= 0.6 is 0 Å². The van der Waals surface area contributed by atoms with Crippen LogP contribution in [0.5, 0.6) is 5.75 Å². The molecule has 0 fully saturated rings. The average molecular weight is 276 g/mol. The van der Waals surface area contributed by atoms with E-state index in [2.05, 4.69) is 29.2 Å². The standard InChI is InChI=1S/C18H16N2O/c19-18-17(10-5-11-20-18)21-13-14-6-4-9-16(12-14)15-7-2-1-3-8-15/h1-12H,13H2,(H2,19,20). The molecule has 1 aromatic heterocycles. The van der Waals surface area contributed by atoms with Crippen LogP contribution in [0.3, 0.4) is 0 Å². The van der Waals surface area contributed by atoms with Gasteiger partial charge in [-0.15, -0.1) is 0 Å². The SMILES string of the molecule is Nc1ncccc1OCc1cccc(-c2ccccc2)c1. The van der Waals surface area contributed by atoms with Crippen molar-refractivity contribution in [2.75, 3.05) is 5.73 Å². The number of nitrogens with zero attached hydrogens (tertiary/aromatic N) is 1. The maximum Gasteiger partial charge on any atom is 0.166 e. The van der Waals surface area contributed by atoms with Gasteiger partial charge in [0.15, 0.2) is 11.6 Å². The third-order valence-corrected chi connectivity index (χ3v) is 3.23. The summed E-state index contributed by atoms with van der Waals surface area (Å²) in [7, 11) is 0. The Morgan fingerprint density at radius 3 is 2.48 bits per heavy atom. The number of aromatic nitrogens is 1. The third-order valence-electron chi connectivity index (χ3n) is 3.23. The summed E-state index contributed by atoms with van der Waals surface area (Å²) in [5.74, 6) is 1.03. The van der Waals surface area contributed by atoms with Crippen molar-refractivity contribution in [3.63, 3.8) is 0 Å². The van der Waals surface area contributed by atoms with E-state index in [-0.39, 0.29) is 0 Å². The van der Waals surface area contributed by atoms with E-state index in [1.165, 1.54) is 11.1 Å². The molecule has 0 atom stereocenters. The Balaban J connectivity index is 1.77. The minimum Gasteiger partial charge on any atom is -0.485 e. The lowest BCUT2D eigenvalue weighted by atomic mass is 10.0. The predicted molar refractivity (Wildman–Crippen MR) is 84.9 cm³/mol. The second-order valence-corrected chi connectivity index (χ2v) is 4.74. The lowest BCUT2D eigenvalue weighted by Gasteiger charge is -2.09. The molecule has 0 bridgehead atoms. The Bertz CT molecular complexity index is 726. The number of nitrogens with two attached hydrogens (primary N) is 1. The van der Waals surface area contributed by atoms with Crippen LogP contribution in [-0.4, -0.2) is 4.98 Å². The lowest BCUT2D eigenvalue weighted by Crippen LogP contribution is -2.00. The van der Waals surface area contributed by atoms with E-state index in [4.69, 9.17) is 10.5 Å². The van der Waals surface area contributed by atoms with Crippen LogP contribution in [0.2, 0.25) is 0 Å². The van der Waals surface area contributed by atoms with Gasteiger partial charge in [0.25, 0.3) is 0 Å². The number of benzene rings is 2. The molecule has 21 heavy (non-hydrogen) atoms. The van der Waals surface area contributed by atoms with Crippen LogP contribution in [0.15, 0.2) is 72.9 Å². The first kappa shape index (κ1) is 13.2. The van der Waals surface area contributed by atoms with Crippen LogP contribution in [0.1, 0.15) is 5.56 Å². The van der Waals surface area contributed by atoms with Crippen molar-refractivity contribution < 1.29 is 4.74 Å². The van der Waals surface area contributed by atoms with Crippen molar-refractivity contribution >= 4 is 5.82 Å². The summed E-state index contributed by atoms with van der Waals surface area (Å²) >= 11 is 0. The first-order chi connectivity index (χ1) is 10.3. The molecule has 0 unspecified atom stereocenters. The number of nitrogen functional groups attached to an aromatic ring is 1. The minimum absolute atomic E-state index is 0.414. The highest BCUT2D eigenvalue weighted by molar-refractivity contribution is 5.63. The first-order valence-corrected chi connectivity index (χ1v) is 6.80. The highest BCUT2D eigenvalue weighted by atomic mass is 16.5. The molecule has 0 aliphatic rings. The van der Waals surface area contributed by atoms with Crippen molar-refractivity contribution in [1.29, 1.82) is 0 Å². The normalized spacial score (nSPS) is 10.3. The summed E-state index contributed by atoms with van der Waals surface area (Å²) in [6.07, 6.45) is 1.65. The van der Waals surface area contributed by atoms with Crippen molar-refractivity contribution in [2.45, 2.75) is 6.61 Å². The van der Waals surface area contributed by atoms with Crippen molar-refractivity contribution in [1.82, 2.24) is 4.98 Å². The number of rotatable bonds is 4. The average Bonchev–Trinajstić information content (AvgIpc) is 2.55. The fraction of sp³-hybridized carbons (Fsp3) is 0.0556. The maximum atomic E-state index is 5.77. The molecule has 1 heterocycles. The molecule has 104 valence electrons. The second-order valence-electron chi connectivity index (χ2n) is 4.74. The van der Waals surface area contributed by atoms with Crippen molar-refractivity contribution in [3.8, 4) is 16.9 Å². The van der Waals surface area contributed by atoms with Crippen LogP contribution in [0, 0.1) is 0 Å². The van der Waals surface area contributed by atoms with Gasteiger partial charge in [0, 0.05) is 6.20 Å². The zero-order valence-electron chi connectivity index (χ0n) is 11.6. The quantitative estimate of drug-likeness (QED) is 0.786. The molecule has 3 heteroatoms. The summed E-state index contributed by atoms with van der Waals surface area (Å²) in [5, 5.41) is 0. The van der Waals surface area contributed by atoms with Crippen LogP contribution < -0.4 is 10.5 Å².